The van der Waals surface area contributed by atoms with Gasteiger partial charge in [-0.15, -0.1) is 13.2 Å². The number of esters is 1. The maximum Gasteiger partial charge on any atom is 0.309 e. The van der Waals surface area contributed by atoms with Crippen LogP contribution in [0.1, 0.15) is 84.9 Å². The van der Waals surface area contributed by atoms with E-state index in [0.717, 1.165) is 47.2 Å². The first-order chi connectivity index (χ1) is 17.7. The number of ketones is 1. The largest absolute Gasteiger partial charge is 0.457 e. The maximum atomic E-state index is 13.3. The van der Waals surface area contributed by atoms with Crippen LogP contribution in [0.2, 0.25) is 0 Å². The van der Waals surface area contributed by atoms with Gasteiger partial charge >= 0.3 is 5.97 Å². The van der Waals surface area contributed by atoms with Crippen molar-refractivity contribution in [3.8, 4) is 0 Å². The number of ether oxygens (including phenoxy) is 1. The Labute approximate surface area is 228 Å². The fourth-order valence-corrected chi connectivity index (χ4v) is 5.23. The first-order valence-corrected chi connectivity index (χ1v) is 13.7. The smallest absolute Gasteiger partial charge is 0.309 e. The van der Waals surface area contributed by atoms with Crippen molar-refractivity contribution in [1.82, 2.24) is 4.98 Å². The first kappa shape index (κ1) is 31.6. The van der Waals surface area contributed by atoms with Gasteiger partial charge in [0.25, 0.3) is 0 Å². The van der Waals surface area contributed by atoms with E-state index in [1.165, 1.54) is 0 Å². The number of nitrogens with zero attached hydrogens (tertiary/aromatic N) is 1. The zero-order chi connectivity index (χ0) is 28.8. The Balaban J connectivity index is 2.04. The van der Waals surface area contributed by atoms with Gasteiger partial charge in [0.1, 0.15) is 11.9 Å². The standard InChI is InChI=1S/C32H47NO5/c1-10-24-16-25(26-15-14-20(4)18-33-26)22(6)30(24)38-28(35)17-27(34)32(8,9)31(37)23(7)29(36)21(5)13-11-12-19(2)3/h10,14-15,18,21,23-24,27,29-30,34,36H,1-2,11-13,16-17H2,3-9H3/t21-,23-,24?,27-,29-,30?/m0/s1. The number of pyridine rings is 1. The highest BCUT2D eigenvalue weighted by Crippen LogP contribution is 2.40. The Morgan fingerprint density at radius 2 is 1.89 bits per heavy atom. The lowest BCUT2D eigenvalue weighted by Gasteiger charge is -2.34. The molecule has 0 spiro atoms. The van der Waals surface area contributed by atoms with Crippen LogP contribution in [0, 0.1) is 30.1 Å². The van der Waals surface area contributed by atoms with Gasteiger partial charge in [0.2, 0.25) is 0 Å². The maximum absolute atomic E-state index is 13.3. The van der Waals surface area contributed by atoms with E-state index in [9.17, 15) is 19.8 Å². The summed E-state index contributed by atoms with van der Waals surface area (Å²) in [6, 6.07) is 3.97. The van der Waals surface area contributed by atoms with Gasteiger partial charge in [-0.2, -0.15) is 0 Å². The summed E-state index contributed by atoms with van der Waals surface area (Å²) in [5.41, 5.74) is 3.74. The molecule has 0 saturated carbocycles. The quantitative estimate of drug-likeness (QED) is 0.228. The lowest BCUT2D eigenvalue weighted by Crippen LogP contribution is -2.45. The molecule has 2 unspecified atom stereocenters. The summed E-state index contributed by atoms with van der Waals surface area (Å²) in [6.45, 7) is 20.6. The second-order valence-corrected chi connectivity index (χ2v) is 11.8. The van der Waals surface area contributed by atoms with E-state index < -0.39 is 35.6 Å². The van der Waals surface area contributed by atoms with Crippen LogP contribution in [0.5, 0.6) is 0 Å². The Kier molecular flexibility index (Phi) is 11.2. The highest BCUT2D eigenvalue weighted by atomic mass is 16.5. The van der Waals surface area contributed by atoms with Gasteiger partial charge in [-0.05, 0) is 75.1 Å². The summed E-state index contributed by atoms with van der Waals surface area (Å²) < 4.78 is 5.83. The molecule has 1 aliphatic carbocycles. The molecule has 2 N–H and O–H groups in total. The zero-order valence-corrected chi connectivity index (χ0v) is 24.3. The molecule has 0 saturated heterocycles. The average Bonchev–Trinajstić information content (AvgIpc) is 3.17. The molecule has 0 fully saturated rings. The first-order valence-electron chi connectivity index (χ1n) is 13.7. The predicted octanol–water partition coefficient (Wildman–Crippen LogP) is 6.01. The lowest BCUT2D eigenvalue weighted by atomic mass is 9.73. The molecule has 6 heteroatoms. The van der Waals surface area contributed by atoms with E-state index >= 15 is 0 Å². The zero-order valence-electron chi connectivity index (χ0n) is 24.3. The van der Waals surface area contributed by atoms with Crippen LogP contribution in [0.15, 0.2) is 48.7 Å². The van der Waals surface area contributed by atoms with Crippen LogP contribution in [0.25, 0.3) is 5.57 Å². The molecule has 1 aromatic rings. The third-order valence-corrected chi connectivity index (χ3v) is 8.11. The number of aliphatic hydroxyl groups is 2. The number of hydrogen-bond acceptors (Lipinski definition) is 6. The van der Waals surface area contributed by atoms with Gasteiger partial charge in [-0.1, -0.05) is 45.4 Å². The van der Waals surface area contributed by atoms with Crippen LogP contribution in [-0.2, 0) is 14.3 Å². The Bertz CT molecular complexity index is 1040. The van der Waals surface area contributed by atoms with Crippen LogP contribution in [-0.4, -0.2) is 45.3 Å². The van der Waals surface area contributed by atoms with Crippen molar-refractivity contribution in [3.05, 3.63) is 60.0 Å². The summed E-state index contributed by atoms with van der Waals surface area (Å²) in [6.07, 6.45) is 3.93. The third kappa shape index (κ3) is 7.73. The van der Waals surface area contributed by atoms with Gasteiger partial charge < -0.3 is 14.9 Å². The number of rotatable bonds is 14. The average molecular weight is 526 g/mol. The number of aryl methyl sites for hydroxylation is 1. The molecule has 0 radical (unpaired) electrons. The molecule has 6 nitrogen and oxygen atoms in total. The monoisotopic (exact) mass is 525 g/mol. The Morgan fingerprint density at radius 1 is 1.24 bits per heavy atom. The minimum absolute atomic E-state index is 0.0728. The molecular weight excluding hydrogens is 478 g/mol. The SMILES string of the molecule is C=CC1CC(c2ccc(C)cn2)=C(C)C1OC(=O)C[C@H](O)C(C)(C)C(=O)[C@@H](C)[C@@H](O)[C@@H](C)CCCC(=C)C. The van der Waals surface area contributed by atoms with Gasteiger partial charge in [0.15, 0.2) is 0 Å². The molecule has 2 rings (SSSR count). The van der Waals surface area contributed by atoms with Gasteiger partial charge in [-0.25, -0.2) is 0 Å². The molecule has 1 aromatic heterocycles. The van der Waals surface area contributed by atoms with E-state index in [-0.39, 0.29) is 24.0 Å². The molecule has 0 bridgehead atoms. The van der Waals surface area contributed by atoms with Gasteiger partial charge in [0.05, 0.1) is 29.7 Å². The van der Waals surface area contributed by atoms with Crippen molar-refractivity contribution >= 4 is 17.3 Å². The van der Waals surface area contributed by atoms with Gasteiger partial charge in [0, 0.05) is 18.0 Å². The number of allylic oxidation sites excluding steroid dienone is 2. The Hall–Kier alpha value is -2.57. The summed E-state index contributed by atoms with van der Waals surface area (Å²) in [7, 11) is 0. The lowest BCUT2D eigenvalue weighted by molar-refractivity contribution is -0.155. The third-order valence-electron chi connectivity index (χ3n) is 8.11. The fraction of sp³-hybridized carbons (Fsp3) is 0.594. The van der Waals surface area contributed by atoms with Crippen LogP contribution < -0.4 is 0 Å². The van der Waals surface area contributed by atoms with Crippen molar-refractivity contribution < 1.29 is 24.5 Å². The summed E-state index contributed by atoms with van der Waals surface area (Å²) >= 11 is 0. The van der Waals surface area contributed by atoms with Crippen LogP contribution in [0.3, 0.4) is 0 Å². The van der Waals surface area contributed by atoms with Crippen molar-refractivity contribution in [2.24, 2.45) is 23.2 Å². The minimum atomic E-state index is -1.25. The molecule has 1 aliphatic rings. The molecule has 38 heavy (non-hydrogen) atoms. The number of hydrogen-bond donors (Lipinski definition) is 2. The second kappa shape index (κ2) is 13.5. The second-order valence-electron chi connectivity index (χ2n) is 11.8. The van der Waals surface area contributed by atoms with Crippen molar-refractivity contribution in [2.75, 3.05) is 0 Å². The number of carbonyl (C=O) groups is 2. The normalized spacial score (nSPS) is 21.0. The van der Waals surface area contributed by atoms with E-state index in [1.807, 2.05) is 46.0 Å². The van der Waals surface area contributed by atoms with Crippen molar-refractivity contribution in [2.45, 2.75) is 98.9 Å². The van der Waals surface area contributed by atoms with Gasteiger partial charge in [-0.3, -0.25) is 14.6 Å². The molecule has 6 atom stereocenters. The van der Waals surface area contributed by atoms with Crippen LogP contribution in [0.4, 0.5) is 0 Å². The number of aliphatic hydroxyl groups excluding tert-OH is 2. The molecule has 210 valence electrons. The molecule has 0 aromatic carbocycles. The molecule has 1 heterocycles. The summed E-state index contributed by atoms with van der Waals surface area (Å²) in [4.78, 5) is 30.8. The number of Topliss-reactive ketones (excluding diaryl/α,β-unsaturated/α-hetero) is 1. The summed E-state index contributed by atoms with van der Waals surface area (Å²) in [5, 5.41) is 21.8. The minimum Gasteiger partial charge on any atom is -0.457 e. The number of carbonyl (C=O) groups excluding carboxylic acids is 2. The van der Waals surface area contributed by atoms with Crippen molar-refractivity contribution in [3.63, 3.8) is 0 Å². The summed E-state index contributed by atoms with van der Waals surface area (Å²) in [5.74, 6) is -1.69. The predicted molar refractivity (Wildman–Crippen MR) is 152 cm³/mol. The molecular formula is C32H47NO5. The highest BCUT2D eigenvalue weighted by Gasteiger charge is 2.43. The Morgan fingerprint density at radius 3 is 2.45 bits per heavy atom. The number of aromatic nitrogens is 1. The van der Waals surface area contributed by atoms with E-state index in [0.29, 0.717) is 6.42 Å². The van der Waals surface area contributed by atoms with E-state index in [1.54, 1.807) is 26.8 Å². The molecule has 0 amide bonds. The molecule has 0 aliphatic heterocycles. The topological polar surface area (TPSA) is 96.7 Å². The fourth-order valence-electron chi connectivity index (χ4n) is 5.23. The van der Waals surface area contributed by atoms with E-state index in [2.05, 4.69) is 18.1 Å². The van der Waals surface area contributed by atoms with Crippen LogP contribution >= 0.6 is 0 Å². The van der Waals surface area contributed by atoms with Crippen molar-refractivity contribution in [1.29, 1.82) is 0 Å². The van der Waals surface area contributed by atoms with E-state index in [4.69, 9.17) is 4.74 Å². The highest BCUT2D eigenvalue weighted by molar-refractivity contribution is 5.88.